The average Bonchev–Trinajstić information content (AvgIpc) is 2.16. The first-order valence-corrected chi connectivity index (χ1v) is 6.94. The monoisotopic (exact) mass is 416 g/mol. The van der Waals surface area contributed by atoms with Gasteiger partial charge in [-0.2, -0.15) is 0 Å². The van der Waals surface area contributed by atoms with Crippen LogP contribution >= 0.6 is 54.5 Å². The largest absolute Gasteiger partial charge is 0.282 e. The topological polar surface area (TPSA) is 17.1 Å². The Morgan fingerprint density at radius 1 is 1.23 bits per heavy atom. The van der Waals surface area contributed by atoms with E-state index in [-0.39, 0.29) is 3.79 Å². The second kappa shape index (κ2) is 5.46. The third-order valence-electron chi connectivity index (χ3n) is 1.72. The van der Waals surface area contributed by atoms with Crippen LogP contribution in [0.4, 0.5) is 0 Å². The highest BCUT2D eigenvalue weighted by atomic mass is 127. The molecule has 0 radical (unpaired) electrons. The van der Waals surface area contributed by atoms with Gasteiger partial charge in [0.15, 0.2) is 0 Å². The standard InChI is InChI=1S/C9H7Br2IO/c10-4-7-2-1-6(9(12)13)3-8(7)5-11/h1-3H,4-5H2. The van der Waals surface area contributed by atoms with Crippen LogP contribution in [0.25, 0.3) is 0 Å². The van der Waals surface area contributed by atoms with Crippen LogP contribution in [-0.4, -0.2) is 3.79 Å². The molecule has 1 rings (SSSR count). The fourth-order valence-electron chi connectivity index (χ4n) is 1.00. The lowest BCUT2D eigenvalue weighted by Crippen LogP contribution is -1.93. The molecule has 0 unspecified atom stereocenters. The molecule has 0 fully saturated rings. The highest BCUT2D eigenvalue weighted by Crippen LogP contribution is 2.19. The summed E-state index contributed by atoms with van der Waals surface area (Å²) >= 11 is 8.60. The van der Waals surface area contributed by atoms with Crippen LogP contribution in [0.15, 0.2) is 18.2 Å². The minimum atomic E-state index is 0.0842. The predicted octanol–water partition coefficient (Wildman–Crippen LogP) is 4.05. The maximum atomic E-state index is 11.1. The van der Waals surface area contributed by atoms with E-state index in [9.17, 15) is 4.79 Å². The average molecular weight is 418 g/mol. The molecule has 0 aliphatic heterocycles. The van der Waals surface area contributed by atoms with Gasteiger partial charge in [-0.25, -0.2) is 0 Å². The van der Waals surface area contributed by atoms with Crippen molar-refractivity contribution < 1.29 is 4.79 Å². The molecule has 1 aromatic rings. The molecule has 70 valence electrons. The summed E-state index contributed by atoms with van der Waals surface area (Å²) in [5.74, 6) is 0. The van der Waals surface area contributed by atoms with Crippen molar-refractivity contribution in [2.45, 2.75) is 10.7 Å². The molecule has 0 saturated heterocycles. The van der Waals surface area contributed by atoms with E-state index < -0.39 is 0 Å². The van der Waals surface area contributed by atoms with Gasteiger partial charge in [0, 0.05) is 38.8 Å². The number of hydrogen-bond donors (Lipinski definition) is 0. The minimum absolute atomic E-state index is 0.0842. The van der Waals surface area contributed by atoms with Gasteiger partial charge in [0.25, 0.3) is 0 Å². The first-order valence-electron chi connectivity index (χ1n) is 3.62. The van der Waals surface area contributed by atoms with Crippen LogP contribution in [0.3, 0.4) is 0 Å². The molecule has 0 atom stereocenters. The van der Waals surface area contributed by atoms with Crippen LogP contribution in [-0.2, 0) is 10.7 Å². The molecule has 0 spiro atoms. The van der Waals surface area contributed by atoms with Crippen molar-refractivity contribution in [2.24, 2.45) is 0 Å². The summed E-state index contributed by atoms with van der Waals surface area (Å²) in [7, 11) is 0. The first-order chi connectivity index (χ1) is 6.19. The lowest BCUT2D eigenvalue weighted by molar-refractivity contribution is 0.110. The number of carbonyl (C=O) groups excluding carboxylic acids is 1. The van der Waals surface area contributed by atoms with Crippen LogP contribution in [0.1, 0.15) is 21.5 Å². The molecule has 0 aliphatic rings. The molecule has 0 heterocycles. The van der Waals surface area contributed by atoms with Gasteiger partial charge in [0.05, 0.1) is 0 Å². The fourth-order valence-corrected chi connectivity index (χ4v) is 2.41. The number of halogens is 3. The Balaban J connectivity index is 3.13. The van der Waals surface area contributed by atoms with Gasteiger partial charge in [-0.05, 0) is 17.2 Å². The Morgan fingerprint density at radius 2 is 1.85 bits per heavy atom. The molecule has 0 amide bonds. The maximum absolute atomic E-state index is 11.1. The summed E-state index contributed by atoms with van der Waals surface area (Å²) in [5, 5.41) is 1.61. The maximum Gasteiger partial charge on any atom is 0.222 e. The van der Waals surface area contributed by atoms with E-state index in [1.807, 2.05) is 18.2 Å². The SMILES string of the molecule is O=C(I)c1ccc(CBr)c(CBr)c1. The summed E-state index contributed by atoms with van der Waals surface area (Å²) in [6.45, 7) is 0. The van der Waals surface area contributed by atoms with Crippen molar-refractivity contribution in [1.82, 2.24) is 0 Å². The van der Waals surface area contributed by atoms with Crippen LogP contribution in [0.5, 0.6) is 0 Å². The summed E-state index contributed by atoms with van der Waals surface area (Å²) in [4.78, 5) is 11.1. The van der Waals surface area contributed by atoms with E-state index in [1.165, 1.54) is 11.1 Å². The quantitative estimate of drug-likeness (QED) is 0.412. The van der Waals surface area contributed by atoms with Crippen LogP contribution in [0, 0.1) is 0 Å². The number of carbonyl (C=O) groups is 1. The van der Waals surface area contributed by atoms with E-state index in [2.05, 4.69) is 31.9 Å². The molecule has 0 N–H and O–H groups in total. The van der Waals surface area contributed by atoms with Crippen LogP contribution < -0.4 is 0 Å². The van der Waals surface area contributed by atoms with Crippen molar-refractivity contribution in [3.63, 3.8) is 0 Å². The Kier molecular flexibility index (Phi) is 4.89. The normalized spacial score (nSPS) is 10.1. The van der Waals surface area contributed by atoms with Gasteiger partial charge in [-0.1, -0.05) is 44.0 Å². The molecule has 4 heteroatoms. The third kappa shape index (κ3) is 3.02. The Bertz CT molecular complexity index is 325. The number of hydrogen-bond acceptors (Lipinski definition) is 1. The molecular formula is C9H7Br2IO. The minimum Gasteiger partial charge on any atom is -0.282 e. The molecule has 0 bridgehead atoms. The highest BCUT2D eigenvalue weighted by Gasteiger charge is 2.05. The van der Waals surface area contributed by atoms with E-state index in [0.29, 0.717) is 0 Å². The number of benzene rings is 1. The number of rotatable bonds is 3. The van der Waals surface area contributed by atoms with Crippen molar-refractivity contribution >= 4 is 58.2 Å². The molecule has 1 aromatic carbocycles. The second-order valence-corrected chi connectivity index (χ2v) is 4.63. The summed E-state index contributed by atoms with van der Waals surface area (Å²) in [5.41, 5.74) is 3.15. The first kappa shape index (κ1) is 11.7. The zero-order valence-corrected chi connectivity index (χ0v) is 12.0. The van der Waals surface area contributed by atoms with Gasteiger partial charge in [0.2, 0.25) is 3.79 Å². The lowest BCUT2D eigenvalue weighted by Gasteiger charge is -2.04. The summed E-state index contributed by atoms with van der Waals surface area (Å²) < 4.78 is 0.0842. The van der Waals surface area contributed by atoms with Gasteiger partial charge in [0.1, 0.15) is 0 Å². The van der Waals surface area contributed by atoms with Crippen molar-refractivity contribution in [3.05, 3.63) is 34.9 Å². The van der Waals surface area contributed by atoms with Crippen molar-refractivity contribution in [1.29, 1.82) is 0 Å². The Labute approximate surface area is 108 Å². The van der Waals surface area contributed by atoms with E-state index in [4.69, 9.17) is 0 Å². The molecule has 0 aromatic heterocycles. The van der Waals surface area contributed by atoms with Gasteiger partial charge in [-0.15, -0.1) is 0 Å². The summed E-state index contributed by atoms with van der Waals surface area (Å²) in [6, 6.07) is 5.77. The molecule has 0 aliphatic carbocycles. The molecule has 0 saturated carbocycles. The predicted molar refractivity (Wildman–Crippen MR) is 70.1 cm³/mol. The molecule has 13 heavy (non-hydrogen) atoms. The summed E-state index contributed by atoms with van der Waals surface area (Å²) in [6.07, 6.45) is 0. The molecule has 1 nitrogen and oxygen atoms in total. The van der Waals surface area contributed by atoms with Gasteiger partial charge >= 0.3 is 0 Å². The highest BCUT2D eigenvalue weighted by molar-refractivity contribution is 14.1. The lowest BCUT2D eigenvalue weighted by atomic mass is 10.1. The Hall–Kier alpha value is 0.580. The Morgan fingerprint density at radius 3 is 2.31 bits per heavy atom. The van der Waals surface area contributed by atoms with Gasteiger partial charge < -0.3 is 0 Å². The van der Waals surface area contributed by atoms with Crippen molar-refractivity contribution in [3.8, 4) is 0 Å². The van der Waals surface area contributed by atoms with Crippen molar-refractivity contribution in [2.75, 3.05) is 0 Å². The zero-order valence-electron chi connectivity index (χ0n) is 6.69. The smallest absolute Gasteiger partial charge is 0.222 e. The number of alkyl halides is 2. The van der Waals surface area contributed by atoms with E-state index in [1.54, 1.807) is 22.6 Å². The van der Waals surface area contributed by atoms with E-state index >= 15 is 0 Å². The van der Waals surface area contributed by atoms with Crippen LogP contribution in [0.2, 0.25) is 0 Å². The van der Waals surface area contributed by atoms with E-state index in [0.717, 1.165) is 16.2 Å². The zero-order chi connectivity index (χ0) is 9.84. The fraction of sp³-hybridized carbons (Fsp3) is 0.222. The molecular weight excluding hydrogens is 411 g/mol. The van der Waals surface area contributed by atoms with Gasteiger partial charge in [-0.3, -0.25) is 4.79 Å². The second-order valence-electron chi connectivity index (χ2n) is 2.52. The third-order valence-corrected chi connectivity index (χ3v) is 3.55.